The van der Waals surface area contributed by atoms with Crippen molar-refractivity contribution in [2.45, 2.75) is 63.7 Å². The average Bonchev–Trinajstić information content (AvgIpc) is 3.03. The number of halogens is 2. The molecule has 0 amide bonds. The lowest BCUT2D eigenvalue weighted by atomic mass is 10.0. The van der Waals surface area contributed by atoms with Crippen molar-refractivity contribution in [2.24, 2.45) is 5.92 Å². The Bertz CT molecular complexity index is 471. The maximum Gasteiger partial charge on any atom is 0.146 e. The molecule has 1 aromatic heterocycles. The highest BCUT2D eigenvalue weighted by Crippen LogP contribution is 2.40. The second kappa shape index (κ2) is 5.84. The van der Waals surface area contributed by atoms with Gasteiger partial charge in [0.15, 0.2) is 0 Å². The molecule has 0 aliphatic heterocycles. The quantitative estimate of drug-likeness (QED) is 0.506. The average molecular weight is 391 g/mol. The van der Waals surface area contributed by atoms with E-state index in [1.165, 1.54) is 50.6 Å². The van der Waals surface area contributed by atoms with Crippen LogP contribution >= 0.6 is 34.2 Å². The molecule has 2 fully saturated rings. The van der Waals surface area contributed by atoms with E-state index >= 15 is 0 Å². The summed E-state index contributed by atoms with van der Waals surface area (Å²) in [6.45, 7) is 2.33. The molecular formula is C15H20ClIN2. The van der Waals surface area contributed by atoms with E-state index in [1.807, 2.05) is 0 Å². The fraction of sp³-hybridized carbons (Fsp3) is 0.733. The normalized spacial score (nSPS) is 28.2. The summed E-state index contributed by atoms with van der Waals surface area (Å²) in [4.78, 5) is 9.50. The van der Waals surface area contributed by atoms with Gasteiger partial charge in [-0.05, 0) is 60.6 Å². The maximum absolute atomic E-state index is 6.35. The van der Waals surface area contributed by atoms with E-state index in [0.29, 0.717) is 17.0 Å². The summed E-state index contributed by atoms with van der Waals surface area (Å²) in [5.74, 6) is 2.97. The molecule has 2 aliphatic carbocycles. The smallest absolute Gasteiger partial charge is 0.146 e. The van der Waals surface area contributed by atoms with E-state index in [9.17, 15) is 0 Å². The molecule has 19 heavy (non-hydrogen) atoms. The van der Waals surface area contributed by atoms with Crippen LogP contribution in [0.25, 0.3) is 0 Å². The van der Waals surface area contributed by atoms with Gasteiger partial charge in [-0.1, -0.05) is 31.4 Å². The van der Waals surface area contributed by atoms with Gasteiger partial charge < -0.3 is 0 Å². The van der Waals surface area contributed by atoms with Gasteiger partial charge in [-0.25, -0.2) is 9.97 Å². The van der Waals surface area contributed by atoms with Gasteiger partial charge in [-0.3, -0.25) is 0 Å². The van der Waals surface area contributed by atoms with Crippen LogP contribution in [0.15, 0.2) is 0 Å². The Kier molecular flexibility index (Phi) is 4.32. The molecule has 1 heterocycles. The molecule has 0 N–H and O–H groups in total. The van der Waals surface area contributed by atoms with E-state index in [2.05, 4.69) is 34.5 Å². The van der Waals surface area contributed by atoms with Crippen LogP contribution in [-0.2, 0) is 0 Å². The van der Waals surface area contributed by atoms with Gasteiger partial charge in [-0.2, -0.15) is 0 Å². The van der Waals surface area contributed by atoms with Crippen LogP contribution in [0.4, 0.5) is 0 Å². The molecule has 0 spiro atoms. The third kappa shape index (κ3) is 2.92. The van der Waals surface area contributed by atoms with Gasteiger partial charge in [0.2, 0.25) is 0 Å². The second-order valence-electron chi connectivity index (χ2n) is 6.17. The molecule has 1 aromatic rings. The van der Waals surface area contributed by atoms with E-state index in [0.717, 1.165) is 15.3 Å². The first-order valence-electron chi connectivity index (χ1n) is 7.38. The predicted molar refractivity (Wildman–Crippen MR) is 86.7 cm³/mol. The van der Waals surface area contributed by atoms with Gasteiger partial charge in [0.25, 0.3) is 0 Å². The first kappa shape index (κ1) is 14.1. The molecular weight excluding hydrogens is 371 g/mol. The first-order chi connectivity index (χ1) is 9.15. The fourth-order valence-corrected chi connectivity index (χ4v) is 4.41. The third-order valence-corrected chi connectivity index (χ3v) is 6.31. The van der Waals surface area contributed by atoms with E-state index < -0.39 is 0 Å². The topological polar surface area (TPSA) is 25.8 Å². The van der Waals surface area contributed by atoms with Gasteiger partial charge in [0.05, 0.1) is 9.26 Å². The minimum absolute atomic E-state index is 0.532. The largest absolute Gasteiger partial charge is 0.236 e. The molecule has 4 heteroatoms. The van der Waals surface area contributed by atoms with Crippen LogP contribution in [-0.4, -0.2) is 9.97 Å². The lowest BCUT2D eigenvalue weighted by Gasteiger charge is -2.16. The molecule has 0 bridgehead atoms. The molecule has 104 valence electrons. The highest BCUT2D eigenvalue weighted by Gasteiger charge is 2.28. The van der Waals surface area contributed by atoms with Crippen molar-refractivity contribution >= 4 is 34.2 Å². The molecule has 3 rings (SSSR count). The molecule has 2 saturated carbocycles. The zero-order chi connectivity index (χ0) is 13.4. The van der Waals surface area contributed by atoms with Gasteiger partial charge >= 0.3 is 0 Å². The highest BCUT2D eigenvalue weighted by molar-refractivity contribution is 14.1. The summed E-state index contributed by atoms with van der Waals surface area (Å²) in [6.07, 6.45) is 8.95. The molecule has 0 radical (unpaired) electrons. The van der Waals surface area contributed by atoms with Crippen LogP contribution in [0.5, 0.6) is 0 Å². The van der Waals surface area contributed by atoms with Crippen LogP contribution in [0.2, 0.25) is 5.15 Å². The minimum Gasteiger partial charge on any atom is -0.236 e. The molecule has 2 aliphatic rings. The van der Waals surface area contributed by atoms with Crippen LogP contribution in [0.3, 0.4) is 0 Å². The standard InChI is InChI=1S/C15H20ClIN2/c1-9-6-7-11(8-9)15-18-13(10-4-2-3-5-10)12(17)14(16)19-15/h9-11H,2-8H2,1H3. The van der Waals surface area contributed by atoms with Gasteiger partial charge in [0.1, 0.15) is 11.0 Å². The zero-order valence-electron chi connectivity index (χ0n) is 11.3. The monoisotopic (exact) mass is 390 g/mol. The van der Waals surface area contributed by atoms with E-state index in [4.69, 9.17) is 16.6 Å². The van der Waals surface area contributed by atoms with E-state index in [1.54, 1.807) is 0 Å². The third-order valence-electron chi connectivity index (χ3n) is 4.66. The van der Waals surface area contributed by atoms with Crippen molar-refractivity contribution in [1.29, 1.82) is 0 Å². The van der Waals surface area contributed by atoms with Crippen molar-refractivity contribution in [3.63, 3.8) is 0 Å². The van der Waals surface area contributed by atoms with Crippen molar-refractivity contribution in [2.75, 3.05) is 0 Å². The Labute approximate surface area is 133 Å². The summed E-state index contributed by atoms with van der Waals surface area (Å²) in [5, 5.41) is 0.673. The molecule has 2 unspecified atom stereocenters. The predicted octanol–water partition coefficient (Wildman–Crippen LogP) is 5.30. The number of nitrogens with zero attached hydrogens (tertiary/aromatic N) is 2. The zero-order valence-corrected chi connectivity index (χ0v) is 14.2. The number of hydrogen-bond acceptors (Lipinski definition) is 2. The SMILES string of the molecule is CC1CCC(c2nc(Cl)c(I)c(C3CCCC3)n2)C1. The van der Waals surface area contributed by atoms with E-state index in [-0.39, 0.29) is 0 Å². The Morgan fingerprint density at radius 3 is 2.42 bits per heavy atom. The lowest BCUT2D eigenvalue weighted by molar-refractivity contribution is 0.579. The van der Waals surface area contributed by atoms with Crippen molar-refractivity contribution in [3.8, 4) is 0 Å². The number of rotatable bonds is 2. The molecule has 0 aromatic carbocycles. The Hall–Kier alpha value is 0.1000. The van der Waals surface area contributed by atoms with Crippen molar-refractivity contribution in [1.82, 2.24) is 9.97 Å². The van der Waals surface area contributed by atoms with Gasteiger partial charge in [-0.15, -0.1) is 0 Å². The summed E-state index contributed by atoms with van der Waals surface area (Å²) >= 11 is 8.68. The first-order valence-corrected chi connectivity index (χ1v) is 8.83. The maximum atomic E-state index is 6.35. The second-order valence-corrected chi connectivity index (χ2v) is 7.61. The molecule has 0 saturated heterocycles. The Balaban J connectivity index is 1.93. The van der Waals surface area contributed by atoms with Gasteiger partial charge in [0, 0.05) is 11.8 Å². The number of aromatic nitrogens is 2. The molecule has 2 atom stereocenters. The summed E-state index contributed by atoms with van der Waals surface area (Å²) in [7, 11) is 0. The lowest BCUT2D eigenvalue weighted by Crippen LogP contribution is -2.09. The highest BCUT2D eigenvalue weighted by atomic mass is 127. The van der Waals surface area contributed by atoms with Crippen molar-refractivity contribution in [3.05, 3.63) is 20.2 Å². The Morgan fingerprint density at radius 1 is 1.05 bits per heavy atom. The van der Waals surface area contributed by atoms with Crippen LogP contribution < -0.4 is 0 Å². The fourth-order valence-electron chi connectivity index (χ4n) is 3.55. The van der Waals surface area contributed by atoms with Crippen molar-refractivity contribution < 1.29 is 0 Å². The number of hydrogen-bond donors (Lipinski definition) is 0. The Morgan fingerprint density at radius 2 is 1.79 bits per heavy atom. The summed E-state index contributed by atoms with van der Waals surface area (Å²) in [6, 6.07) is 0. The van der Waals surface area contributed by atoms with Crippen LogP contribution in [0.1, 0.15) is 75.2 Å². The summed E-state index contributed by atoms with van der Waals surface area (Å²) in [5.41, 5.74) is 1.23. The van der Waals surface area contributed by atoms with Crippen LogP contribution in [0, 0.1) is 9.49 Å². The minimum atomic E-state index is 0.532. The molecule has 2 nitrogen and oxygen atoms in total. The summed E-state index contributed by atoms with van der Waals surface area (Å²) < 4.78 is 1.08.